The van der Waals surface area contributed by atoms with E-state index in [4.69, 9.17) is 4.74 Å². The third kappa shape index (κ3) is 6.28. The van der Waals surface area contributed by atoms with Crippen LogP contribution in [0.3, 0.4) is 0 Å². The molecule has 1 aliphatic heterocycles. The van der Waals surface area contributed by atoms with Gasteiger partial charge in [0.15, 0.2) is 0 Å². The number of rotatable bonds is 8. The molecule has 0 fully saturated rings. The normalized spacial score (nSPS) is 21.4. The molecule has 0 aromatic heterocycles. The maximum absolute atomic E-state index is 11.9. The van der Waals surface area contributed by atoms with Crippen molar-refractivity contribution in [3.63, 3.8) is 0 Å². The molecule has 0 radical (unpaired) electrons. The smallest absolute Gasteiger partial charge is 0.308 e. The summed E-state index contributed by atoms with van der Waals surface area (Å²) in [6.07, 6.45) is 5.15. The van der Waals surface area contributed by atoms with E-state index in [2.05, 4.69) is 25.4 Å². The van der Waals surface area contributed by atoms with Crippen LogP contribution in [0.15, 0.2) is 17.6 Å². The first-order chi connectivity index (χ1) is 8.95. The van der Waals surface area contributed by atoms with E-state index in [-0.39, 0.29) is 12.0 Å². The number of ether oxygens (including phenoxy) is 1. The summed E-state index contributed by atoms with van der Waals surface area (Å²) in [4.78, 5) is 16.1. The number of carbonyl (C=O) groups excluding carboxylic acids is 1. The molecule has 0 aliphatic carbocycles. The third-order valence-electron chi connectivity index (χ3n) is 3.27. The lowest BCUT2D eigenvalue weighted by Gasteiger charge is -2.27. The molecule has 4 heteroatoms. The molecular formula is C15H25NO2S. The third-order valence-corrected chi connectivity index (χ3v) is 4.12. The Morgan fingerprint density at radius 3 is 2.95 bits per heavy atom. The molecule has 0 spiro atoms. The highest BCUT2D eigenvalue weighted by Gasteiger charge is 2.26. The Bertz CT molecular complexity index is 341. The zero-order valence-electron chi connectivity index (χ0n) is 12.2. The van der Waals surface area contributed by atoms with Crippen molar-refractivity contribution >= 4 is 23.3 Å². The minimum Gasteiger partial charge on any atom is -0.455 e. The number of nitrogens with zero attached hydrogens (tertiary/aromatic N) is 1. The molecule has 108 valence electrons. The molecule has 0 saturated carbocycles. The molecule has 0 aromatic carbocycles. The number of hydrogen-bond acceptors (Lipinski definition) is 4. The van der Waals surface area contributed by atoms with Crippen molar-refractivity contribution in [3.8, 4) is 0 Å². The molecule has 0 saturated heterocycles. The summed E-state index contributed by atoms with van der Waals surface area (Å²) in [6, 6.07) is 0.0854. The molecule has 19 heavy (non-hydrogen) atoms. The number of aliphatic imine (C=N–C) groups is 1. The number of hydrogen-bond donors (Lipinski definition) is 0. The fourth-order valence-electron chi connectivity index (χ4n) is 1.99. The summed E-state index contributed by atoms with van der Waals surface area (Å²) in [7, 11) is 0. The molecule has 3 nitrogen and oxygen atoms in total. The van der Waals surface area contributed by atoms with Crippen molar-refractivity contribution in [2.75, 3.05) is 5.75 Å². The second kappa shape index (κ2) is 7.73. The van der Waals surface area contributed by atoms with Gasteiger partial charge in [0.25, 0.3) is 0 Å². The zero-order chi connectivity index (χ0) is 14.3. The first-order valence-corrected chi connectivity index (χ1v) is 7.99. The van der Waals surface area contributed by atoms with Gasteiger partial charge in [-0.25, -0.2) is 0 Å². The fraction of sp³-hybridized carbons (Fsp3) is 0.733. The Morgan fingerprint density at radius 2 is 2.42 bits per heavy atom. The predicted octanol–water partition coefficient (Wildman–Crippen LogP) is 3.83. The van der Waals surface area contributed by atoms with E-state index in [1.165, 1.54) is 0 Å². The number of thioether (sulfide) groups is 1. The van der Waals surface area contributed by atoms with Gasteiger partial charge in [0.2, 0.25) is 0 Å². The summed E-state index contributed by atoms with van der Waals surface area (Å²) in [5.41, 5.74) is 1.27. The van der Waals surface area contributed by atoms with E-state index in [1.54, 1.807) is 17.8 Å². The predicted molar refractivity (Wildman–Crippen MR) is 82.7 cm³/mol. The number of esters is 1. The van der Waals surface area contributed by atoms with Gasteiger partial charge < -0.3 is 4.74 Å². The van der Waals surface area contributed by atoms with Crippen LogP contribution >= 0.6 is 11.8 Å². The van der Waals surface area contributed by atoms with Crippen LogP contribution < -0.4 is 0 Å². The maximum atomic E-state index is 11.9. The SMILES string of the molecule is C=CC(C)(CCCC(C)C)OC(=O)CC1CSC=N1. The van der Waals surface area contributed by atoms with Gasteiger partial charge in [-0.1, -0.05) is 26.8 Å². The second-order valence-electron chi connectivity index (χ2n) is 5.72. The van der Waals surface area contributed by atoms with Crippen molar-refractivity contribution in [1.29, 1.82) is 0 Å². The van der Waals surface area contributed by atoms with E-state index in [1.807, 2.05) is 12.5 Å². The Labute approximate surface area is 120 Å². The van der Waals surface area contributed by atoms with Crippen LogP contribution in [-0.2, 0) is 9.53 Å². The zero-order valence-corrected chi connectivity index (χ0v) is 13.0. The average Bonchev–Trinajstić information content (AvgIpc) is 2.81. The molecule has 0 bridgehead atoms. The Hall–Kier alpha value is -0.770. The summed E-state index contributed by atoms with van der Waals surface area (Å²) in [5.74, 6) is 1.39. The molecule has 0 aromatic rings. The van der Waals surface area contributed by atoms with Crippen LogP contribution in [0.25, 0.3) is 0 Å². The average molecular weight is 283 g/mol. The molecule has 1 rings (SSSR count). The van der Waals surface area contributed by atoms with Crippen LogP contribution in [0, 0.1) is 5.92 Å². The summed E-state index contributed by atoms with van der Waals surface area (Å²) >= 11 is 1.65. The van der Waals surface area contributed by atoms with Gasteiger partial charge >= 0.3 is 5.97 Å². The first kappa shape index (κ1) is 16.3. The van der Waals surface area contributed by atoms with Gasteiger partial charge in [0, 0.05) is 5.75 Å². The topological polar surface area (TPSA) is 38.7 Å². The molecule has 2 atom stereocenters. The maximum Gasteiger partial charge on any atom is 0.308 e. The molecular weight excluding hydrogens is 258 g/mol. The van der Waals surface area contributed by atoms with Gasteiger partial charge in [-0.3, -0.25) is 9.79 Å². The van der Waals surface area contributed by atoms with Crippen molar-refractivity contribution in [1.82, 2.24) is 0 Å². The monoisotopic (exact) mass is 283 g/mol. The van der Waals surface area contributed by atoms with Crippen molar-refractivity contribution in [2.24, 2.45) is 10.9 Å². The summed E-state index contributed by atoms with van der Waals surface area (Å²) < 4.78 is 5.59. The highest BCUT2D eigenvalue weighted by atomic mass is 32.2. The molecule has 0 amide bonds. The van der Waals surface area contributed by atoms with Crippen LogP contribution in [0.2, 0.25) is 0 Å². The minimum absolute atomic E-state index is 0.0854. The van der Waals surface area contributed by atoms with E-state index in [0.29, 0.717) is 12.3 Å². The van der Waals surface area contributed by atoms with Gasteiger partial charge in [-0.2, -0.15) is 0 Å². The van der Waals surface area contributed by atoms with Gasteiger partial charge in [-0.05, 0) is 31.8 Å². The minimum atomic E-state index is -0.540. The lowest BCUT2D eigenvalue weighted by atomic mass is 9.95. The summed E-state index contributed by atoms with van der Waals surface area (Å²) in [6.45, 7) is 10.1. The lowest BCUT2D eigenvalue weighted by molar-refractivity contribution is -0.154. The highest BCUT2D eigenvalue weighted by Crippen LogP contribution is 2.23. The van der Waals surface area contributed by atoms with Gasteiger partial charge in [0.1, 0.15) is 5.60 Å². The van der Waals surface area contributed by atoms with Gasteiger partial charge in [-0.15, -0.1) is 11.8 Å². The van der Waals surface area contributed by atoms with Gasteiger partial charge in [0.05, 0.1) is 18.0 Å². The highest BCUT2D eigenvalue weighted by molar-refractivity contribution is 8.12. The molecule has 0 N–H and O–H groups in total. The van der Waals surface area contributed by atoms with E-state index in [0.717, 1.165) is 25.0 Å². The quantitative estimate of drug-likeness (QED) is 0.502. The Kier molecular flexibility index (Phi) is 6.63. The largest absolute Gasteiger partial charge is 0.455 e. The Morgan fingerprint density at radius 1 is 1.68 bits per heavy atom. The van der Waals surface area contributed by atoms with Crippen molar-refractivity contribution in [3.05, 3.63) is 12.7 Å². The van der Waals surface area contributed by atoms with Crippen LogP contribution in [0.4, 0.5) is 0 Å². The van der Waals surface area contributed by atoms with E-state index < -0.39 is 5.60 Å². The second-order valence-corrected chi connectivity index (χ2v) is 6.60. The molecule has 1 heterocycles. The van der Waals surface area contributed by atoms with Crippen LogP contribution in [0.5, 0.6) is 0 Å². The Balaban J connectivity index is 2.38. The first-order valence-electron chi connectivity index (χ1n) is 6.94. The summed E-state index contributed by atoms with van der Waals surface area (Å²) in [5, 5.41) is 0. The lowest BCUT2D eigenvalue weighted by Crippen LogP contribution is -2.30. The number of carbonyl (C=O) groups is 1. The molecule has 2 unspecified atom stereocenters. The van der Waals surface area contributed by atoms with E-state index in [9.17, 15) is 4.79 Å². The van der Waals surface area contributed by atoms with Crippen molar-refractivity contribution < 1.29 is 9.53 Å². The van der Waals surface area contributed by atoms with Crippen LogP contribution in [-0.4, -0.2) is 28.9 Å². The van der Waals surface area contributed by atoms with Crippen LogP contribution in [0.1, 0.15) is 46.5 Å². The van der Waals surface area contributed by atoms with Crippen molar-refractivity contribution in [2.45, 2.75) is 58.1 Å². The fourth-order valence-corrected chi connectivity index (χ4v) is 2.76. The molecule has 1 aliphatic rings. The standard InChI is InChI=1S/C15H25NO2S/c1-5-15(4,8-6-7-12(2)3)18-14(17)9-13-10-19-11-16-13/h5,11-13H,1,6-10H2,2-4H3. The van der Waals surface area contributed by atoms with E-state index >= 15 is 0 Å².